The van der Waals surface area contributed by atoms with Gasteiger partial charge in [0.15, 0.2) is 0 Å². The quantitative estimate of drug-likeness (QED) is 0.784. The van der Waals surface area contributed by atoms with Gasteiger partial charge in [0.2, 0.25) is 11.8 Å². The number of hydrogen-bond donors (Lipinski definition) is 1. The van der Waals surface area contributed by atoms with E-state index < -0.39 is 0 Å². The molecule has 6 nitrogen and oxygen atoms in total. The van der Waals surface area contributed by atoms with Crippen LogP contribution >= 0.6 is 0 Å². The number of aromatic nitrogens is 3. The van der Waals surface area contributed by atoms with Gasteiger partial charge in [0.25, 0.3) is 0 Å². The number of hydrogen-bond acceptors (Lipinski definition) is 4. The fourth-order valence-electron chi connectivity index (χ4n) is 3.14. The Balaban J connectivity index is 1.67. The van der Waals surface area contributed by atoms with Gasteiger partial charge in [0, 0.05) is 13.0 Å². The van der Waals surface area contributed by atoms with Gasteiger partial charge in [-0.25, -0.2) is 4.98 Å². The van der Waals surface area contributed by atoms with Crippen molar-refractivity contribution in [2.45, 2.75) is 26.2 Å². The van der Waals surface area contributed by atoms with E-state index in [0.29, 0.717) is 24.7 Å². The second-order valence-corrected chi connectivity index (χ2v) is 5.30. The van der Waals surface area contributed by atoms with Crippen LogP contribution in [0.4, 0.5) is 0 Å². The van der Waals surface area contributed by atoms with E-state index >= 15 is 0 Å². The van der Waals surface area contributed by atoms with Crippen LogP contribution in [0.5, 0.6) is 0 Å². The van der Waals surface area contributed by atoms with Crippen molar-refractivity contribution in [1.29, 1.82) is 0 Å². The summed E-state index contributed by atoms with van der Waals surface area (Å²) in [5.41, 5.74) is 0. The molecule has 1 saturated carbocycles. The second-order valence-electron chi connectivity index (χ2n) is 5.30. The maximum atomic E-state index is 12.2. The summed E-state index contributed by atoms with van der Waals surface area (Å²) in [7, 11) is 0. The summed E-state index contributed by atoms with van der Waals surface area (Å²) in [6.07, 6.45) is 3.69. The van der Waals surface area contributed by atoms with Gasteiger partial charge in [-0.1, -0.05) is 6.92 Å². The molecule has 3 rings (SSSR count). The van der Waals surface area contributed by atoms with E-state index in [1.807, 2.05) is 0 Å². The number of nitrogens with zero attached hydrogens (tertiary/aromatic N) is 3. The third-order valence-corrected chi connectivity index (χ3v) is 4.00. The van der Waals surface area contributed by atoms with Crippen molar-refractivity contribution in [3.8, 4) is 0 Å². The van der Waals surface area contributed by atoms with Crippen LogP contribution in [0.2, 0.25) is 0 Å². The van der Waals surface area contributed by atoms with Crippen LogP contribution in [0, 0.1) is 17.8 Å². The van der Waals surface area contributed by atoms with E-state index in [0.717, 1.165) is 12.8 Å². The Hall–Kier alpha value is -1.72. The van der Waals surface area contributed by atoms with Crippen LogP contribution in [0.1, 0.15) is 25.6 Å². The van der Waals surface area contributed by atoms with Gasteiger partial charge in [-0.3, -0.25) is 19.6 Å². The number of carbonyl (C=O) groups excluding carboxylic acids is 2. The molecule has 1 N–H and O–H groups in total. The second kappa shape index (κ2) is 4.19. The van der Waals surface area contributed by atoms with Gasteiger partial charge in [0.05, 0.1) is 11.8 Å². The first-order chi connectivity index (χ1) is 8.66. The molecule has 1 aliphatic heterocycles. The molecule has 0 spiro atoms. The minimum atomic E-state index is -0.0674. The van der Waals surface area contributed by atoms with E-state index in [2.05, 4.69) is 22.1 Å². The Morgan fingerprint density at radius 1 is 1.33 bits per heavy atom. The number of amides is 2. The molecular weight excluding hydrogens is 232 g/mol. The van der Waals surface area contributed by atoms with E-state index in [1.165, 1.54) is 11.2 Å². The topological polar surface area (TPSA) is 79.0 Å². The number of H-pyrrole nitrogens is 1. The SMILES string of the molecule is CC1CC2C(=O)N(CCc3ncn[nH]3)C(=O)C2C1. The van der Waals surface area contributed by atoms with Crippen LogP contribution < -0.4 is 0 Å². The van der Waals surface area contributed by atoms with Gasteiger partial charge in [-0.2, -0.15) is 5.10 Å². The lowest BCUT2D eigenvalue weighted by molar-refractivity contribution is -0.140. The molecule has 2 unspecified atom stereocenters. The molecule has 1 aromatic rings. The Morgan fingerprint density at radius 2 is 2.00 bits per heavy atom. The lowest BCUT2D eigenvalue weighted by Crippen LogP contribution is -2.34. The van der Waals surface area contributed by atoms with E-state index in [9.17, 15) is 9.59 Å². The fraction of sp³-hybridized carbons (Fsp3) is 0.667. The smallest absolute Gasteiger partial charge is 0.233 e. The normalized spacial score (nSPS) is 31.2. The molecule has 2 fully saturated rings. The summed E-state index contributed by atoms with van der Waals surface area (Å²) in [5.74, 6) is 1.08. The lowest BCUT2D eigenvalue weighted by atomic mass is 10.00. The average Bonchev–Trinajstić information content (AvgIpc) is 3.00. The van der Waals surface area contributed by atoms with Crippen molar-refractivity contribution >= 4 is 11.8 Å². The molecule has 2 aliphatic rings. The van der Waals surface area contributed by atoms with Gasteiger partial charge < -0.3 is 0 Å². The maximum absolute atomic E-state index is 12.2. The minimum absolute atomic E-state index is 0.00821. The number of imide groups is 1. The molecule has 0 radical (unpaired) electrons. The zero-order valence-corrected chi connectivity index (χ0v) is 10.3. The first kappa shape index (κ1) is 11.4. The Bertz CT molecular complexity index is 446. The van der Waals surface area contributed by atoms with Crippen LogP contribution in [-0.2, 0) is 16.0 Å². The van der Waals surface area contributed by atoms with Crippen molar-refractivity contribution in [3.63, 3.8) is 0 Å². The van der Waals surface area contributed by atoms with E-state index in [1.54, 1.807) is 0 Å². The van der Waals surface area contributed by atoms with Crippen LogP contribution in [0.25, 0.3) is 0 Å². The summed E-state index contributed by atoms with van der Waals surface area (Å²) in [4.78, 5) is 29.7. The number of likely N-dealkylation sites (tertiary alicyclic amines) is 1. The standard InChI is InChI=1S/C12H16N4O2/c1-7-4-8-9(5-7)12(18)16(11(8)17)3-2-10-13-6-14-15-10/h6-9H,2-5H2,1H3,(H,13,14,15). The summed E-state index contributed by atoms with van der Waals surface area (Å²) < 4.78 is 0. The van der Waals surface area contributed by atoms with Gasteiger partial charge in [-0.15, -0.1) is 0 Å². The molecular formula is C12H16N4O2. The molecule has 2 heterocycles. The molecule has 2 atom stereocenters. The highest BCUT2D eigenvalue weighted by Gasteiger charge is 2.51. The molecule has 0 aromatic carbocycles. The zero-order chi connectivity index (χ0) is 12.7. The van der Waals surface area contributed by atoms with Gasteiger partial charge in [0.1, 0.15) is 12.2 Å². The number of fused-ring (bicyclic) bond motifs is 1. The van der Waals surface area contributed by atoms with Crippen molar-refractivity contribution < 1.29 is 9.59 Å². The molecule has 2 amide bonds. The van der Waals surface area contributed by atoms with Gasteiger partial charge in [-0.05, 0) is 18.8 Å². The fourth-order valence-corrected chi connectivity index (χ4v) is 3.14. The lowest BCUT2D eigenvalue weighted by Gasteiger charge is -2.15. The van der Waals surface area contributed by atoms with Crippen LogP contribution in [0.3, 0.4) is 0 Å². The highest BCUT2D eigenvalue weighted by atomic mass is 16.2. The molecule has 1 saturated heterocycles. The number of aromatic amines is 1. The third-order valence-electron chi connectivity index (χ3n) is 4.00. The van der Waals surface area contributed by atoms with Crippen molar-refractivity contribution in [1.82, 2.24) is 20.1 Å². The largest absolute Gasteiger partial charge is 0.282 e. The summed E-state index contributed by atoms with van der Waals surface area (Å²) in [6.45, 7) is 2.52. The molecule has 1 aliphatic carbocycles. The first-order valence-corrected chi connectivity index (χ1v) is 6.36. The highest BCUT2D eigenvalue weighted by molar-refractivity contribution is 6.05. The van der Waals surface area contributed by atoms with Crippen LogP contribution in [-0.4, -0.2) is 38.4 Å². The highest BCUT2D eigenvalue weighted by Crippen LogP contribution is 2.42. The van der Waals surface area contributed by atoms with Crippen LogP contribution in [0.15, 0.2) is 6.33 Å². The maximum Gasteiger partial charge on any atom is 0.233 e. The summed E-state index contributed by atoms with van der Waals surface area (Å²) in [5, 5.41) is 6.49. The molecule has 18 heavy (non-hydrogen) atoms. The monoisotopic (exact) mass is 248 g/mol. The molecule has 1 aromatic heterocycles. The molecule has 96 valence electrons. The predicted octanol–water partition coefficient (Wildman–Crippen LogP) is 0.378. The van der Waals surface area contributed by atoms with E-state index in [-0.39, 0.29) is 23.7 Å². The van der Waals surface area contributed by atoms with Gasteiger partial charge >= 0.3 is 0 Å². The van der Waals surface area contributed by atoms with Crippen molar-refractivity contribution in [3.05, 3.63) is 12.2 Å². The summed E-state index contributed by atoms with van der Waals surface area (Å²) >= 11 is 0. The number of rotatable bonds is 3. The molecule has 0 bridgehead atoms. The minimum Gasteiger partial charge on any atom is -0.282 e. The Kier molecular flexibility index (Phi) is 2.65. The number of nitrogens with one attached hydrogen (secondary N) is 1. The van der Waals surface area contributed by atoms with Crippen molar-refractivity contribution in [2.24, 2.45) is 17.8 Å². The molecule has 6 heteroatoms. The first-order valence-electron chi connectivity index (χ1n) is 6.36. The third kappa shape index (κ3) is 1.72. The summed E-state index contributed by atoms with van der Waals surface area (Å²) in [6, 6.07) is 0. The van der Waals surface area contributed by atoms with E-state index in [4.69, 9.17) is 0 Å². The zero-order valence-electron chi connectivity index (χ0n) is 10.3. The average molecular weight is 248 g/mol. The number of carbonyl (C=O) groups is 2. The Morgan fingerprint density at radius 3 is 2.56 bits per heavy atom. The predicted molar refractivity (Wildman–Crippen MR) is 62.2 cm³/mol. The Labute approximate surface area is 105 Å². The van der Waals surface area contributed by atoms with Crippen molar-refractivity contribution in [2.75, 3.05) is 6.54 Å².